The molecule has 0 aromatic rings. The zero-order valence-corrected chi connectivity index (χ0v) is 10.8. The van der Waals surface area contributed by atoms with Gasteiger partial charge in [0.2, 0.25) is 5.91 Å². The van der Waals surface area contributed by atoms with Gasteiger partial charge < -0.3 is 15.7 Å². The molecular weight excluding hydrogens is 220 g/mol. The molecule has 2 unspecified atom stereocenters. The summed E-state index contributed by atoms with van der Waals surface area (Å²) in [5, 5.41) is 9.25. The van der Waals surface area contributed by atoms with E-state index < -0.39 is 11.4 Å². The van der Waals surface area contributed by atoms with E-state index >= 15 is 0 Å². The van der Waals surface area contributed by atoms with Crippen molar-refractivity contribution < 1.29 is 14.7 Å². The molecule has 0 aromatic heterocycles. The highest BCUT2D eigenvalue weighted by Gasteiger charge is 2.40. The van der Waals surface area contributed by atoms with Gasteiger partial charge in [-0.2, -0.15) is 0 Å². The summed E-state index contributed by atoms with van der Waals surface area (Å²) in [5.41, 5.74) is 4.74. The first kappa shape index (κ1) is 14.0. The Morgan fingerprint density at radius 1 is 1.53 bits per heavy atom. The lowest BCUT2D eigenvalue weighted by molar-refractivity contribution is -0.155. The number of nitrogens with two attached hydrogens (primary N) is 1. The molecule has 0 spiro atoms. The molecule has 1 fully saturated rings. The molecule has 0 saturated carbocycles. The van der Waals surface area contributed by atoms with E-state index in [1.807, 2.05) is 13.8 Å². The molecule has 0 bridgehead atoms. The number of carbonyl (C=O) groups excluding carboxylic acids is 1. The lowest BCUT2D eigenvalue weighted by Gasteiger charge is -2.30. The highest BCUT2D eigenvalue weighted by atomic mass is 16.4. The van der Waals surface area contributed by atoms with Crippen molar-refractivity contribution in [1.29, 1.82) is 0 Å². The Kier molecular flexibility index (Phi) is 4.14. The van der Waals surface area contributed by atoms with Gasteiger partial charge in [0.25, 0.3) is 0 Å². The number of carbonyl (C=O) groups is 2. The smallest absolute Gasteiger partial charge is 0.310 e. The van der Waals surface area contributed by atoms with Gasteiger partial charge in [-0.25, -0.2) is 0 Å². The fraction of sp³-hybridized carbons (Fsp3) is 0.833. The van der Waals surface area contributed by atoms with E-state index in [1.54, 1.807) is 11.8 Å². The van der Waals surface area contributed by atoms with Crippen molar-refractivity contribution in [2.45, 2.75) is 39.7 Å². The third kappa shape index (κ3) is 2.97. The third-order valence-electron chi connectivity index (χ3n) is 3.86. The van der Waals surface area contributed by atoms with Crippen LogP contribution in [-0.2, 0) is 9.59 Å². The Balaban J connectivity index is 2.68. The fourth-order valence-corrected chi connectivity index (χ4v) is 1.97. The Bertz CT molecular complexity index is 317. The predicted octanol–water partition coefficient (Wildman–Crippen LogP) is 0.683. The highest BCUT2D eigenvalue weighted by molar-refractivity contribution is 5.85. The van der Waals surface area contributed by atoms with Crippen LogP contribution in [0, 0.1) is 11.3 Å². The van der Waals surface area contributed by atoms with Gasteiger partial charge in [0.1, 0.15) is 0 Å². The molecule has 5 nitrogen and oxygen atoms in total. The van der Waals surface area contributed by atoms with Crippen LogP contribution in [0.2, 0.25) is 0 Å². The Morgan fingerprint density at radius 2 is 2.12 bits per heavy atom. The highest BCUT2D eigenvalue weighted by Crippen LogP contribution is 2.32. The van der Waals surface area contributed by atoms with Crippen molar-refractivity contribution in [3.05, 3.63) is 0 Å². The second kappa shape index (κ2) is 5.04. The molecule has 1 saturated heterocycles. The van der Waals surface area contributed by atoms with E-state index in [0.717, 1.165) is 6.42 Å². The van der Waals surface area contributed by atoms with Gasteiger partial charge in [0.05, 0.1) is 5.41 Å². The quantitative estimate of drug-likeness (QED) is 0.759. The van der Waals surface area contributed by atoms with Crippen molar-refractivity contribution in [2.24, 2.45) is 17.1 Å². The van der Waals surface area contributed by atoms with Crippen LogP contribution >= 0.6 is 0 Å². The molecule has 3 N–H and O–H groups in total. The molecule has 1 amide bonds. The minimum atomic E-state index is -0.996. The van der Waals surface area contributed by atoms with Crippen molar-refractivity contribution >= 4 is 11.9 Å². The molecule has 0 radical (unpaired) electrons. The maximum Gasteiger partial charge on any atom is 0.310 e. The topological polar surface area (TPSA) is 83.6 Å². The monoisotopic (exact) mass is 242 g/mol. The number of nitrogens with zero attached hydrogens (tertiary/aromatic N) is 1. The number of hydrogen-bond acceptors (Lipinski definition) is 3. The van der Waals surface area contributed by atoms with Crippen LogP contribution < -0.4 is 5.73 Å². The Labute approximate surface area is 102 Å². The lowest BCUT2D eigenvalue weighted by Crippen LogP contribution is -2.41. The normalized spacial score (nSPS) is 23.8. The summed E-state index contributed by atoms with van der Waals surface area (Å²) in [6.07, 6.45) is 0.851. The van der Waals surface area contributed by atoms with Crippen LogP contribution in [-0.4, -0.2) is 41.0 Å². The van der Waals surface area contributed by atoms with Crippen molar-refractivity contribution in [3.8, 4) is 0 Å². The summed E-state index contributed by atoms with van der Waals surface area (Å²) in [7, 11) is 0. The van der Waals surface area contributed by atoms with E-state index in [2.05, 4.69) is 0 Å². The third-order valence-corrected chi connectivity index (χ3v) is 3.86. The number of likely N-dealkylation sites (tertiary alicyclic amines) is 1. The summed E-state index contributed by atoms with van der Waals surface area (Å²) in [6.45, 7) is 6.49. The first-order valence-corrected chi connectivity index (χ1v) is 6.04. The predicted molar refractivity (Wildman–Crippen MR) is 64.4 cm³/mol. The average Bonchev–Trinajstić information content (AvgIpc) is 2.64. The molecule has 5 heteroatoms. The van der Waals surface area contributed by atoms with Crippen molar-refractivity contribution in [2.75, 3.05) is 13.1 Å². The maximum atomic E-state index is 12.0. The Hall–Kier alpha value is -1.10. The first-order chi connectivity index (χ1) is 7.77. The maximum absolute atomic E-state index is 12.0. The summed E-state index contributed by atoms with van der Waals surface area (Å²) in [6, 6.07) is 0.0362. The van der Waals surface area contributed by atoms with Crippen LogP contribution in [0.3, 0.4) is 0 Å². The minimum absolute atomic E-state index is 0.0362. The molecule has 98 valence electrons. The number of hydrogen-bond donors (Lipinski definition) is 2. The van der Waals surface area contributed by atoms with Gasteiger partial charge in [0, 0.05) is 25.6 Å². The van der Waals surface area contributed by atoms with Gasteiger partial charge in [-0.3, -0.25) is 9.59 Å². The van der Waals surface area contributed by atoms with Crippen LogP contribution in [0.15, 0.2) is 0 Å². The molecule has 1 aliphatic heterocycles. The molecule has 1 heterocycles. The van der Waals surface area contributed by atoms with Crippen LogP contribution in [0.5, 0.6) is 0 Å². The number of carboxylic acid groups (broad SMARTS) is 1. The summed E-state index contributed by atoms with van der Waals surface area (Å²) < 4.78 is 0. The summed E-state index contributed by atoms with van der Waals surface area (Å²) in [4.78, 5) is 25.0. The standard InChI is InChI=1S/C12H22N2O3/c1-8(2)12(3,11(16)17)6-10(15)14-5-4-9(13)7-14/h8-9H,4-7,13H2,1-3H3,(H,16,17). The summed E-state index contributed by atoms with van der Waals surface area (Å²) in [5.74, 6) is -1.10. The zero-order valence-electron chi connectivity index (χ0n) is 10.8. The largest absolute Gasteiger partial charge is 0.481 e. The molecule has 0 aliphatic carbocycles. The number of amides is 1. The van der Waals surface area contributed by atoms with Crippen molar-refractivity contribution in [1.82, 2.24) is 4.90 Å². The average molecular weight is 242 g/mol. The van der Waals surface area contributed by atoms with Crippen LogP contribution in [0.25, 0.3) is 0 Å². The second-order valence-corrected chi connectivity index (χ2v) is 5.44. The molecule has 17 heavy (non-hydrogen) atoms. The van der Waals surface area contributed by atoms with Gasteiger partial charge in [-0.15, -0.1) is 0 Å². The van der Waals surface area contributed by atoms with E-state index in [0.29, 0.717) is 13.1 Å². The first-order valence-electron chi connectivity index (χ1n) is 6.04. The van der Waals surface area contributed by atoms with Gasteiger partial charge in [-0.05, 0) is 19.3 Å². The van der Waals surface area contributed by atoms with Crippen LogP contribution in [0.1, 0.15) is 33.6 Å². The van der Waals surface area contributed by atoms with E-state index in [4.69, 9.17) is 5.73 Å². The lowest BCUT2D eigenvalue weighted by atomic mass is 9.76. The zero-order chi connectivity index (χ0) is 13.2. The SMILES string of the molecule is CC(C)C(C)(CC(=O)N1CCC(N)C1)C(=O)O. The van der Waals surface area contributed by atoms with Gasteiger partial charge >= 0.3 is 5.97 Å². The van der Waals surface area contributed by atoms with E-state index in [-0.39, 0.29) is 24.3 Å². The second-order valence-electron chi connectivity index (χ2n) is 5.44. The minimum Gasteiger partial charge on any atom is -0.481 e. The molecule has 2 atom stereocenters. The van der Waals surface area contributed by atoms with E-state index in [9.17, 15) is 14.7 Å². The van der Waals surface area contributed by atoms with E-state index in [1.165, 1.54) is 0 Å². The molecule has 0 aromatic carbocycles. The summed E-state index contributed by atoms with van der Waals surface area (Å²) >= 11 is 0. The molecule has 1 rings (SSSR count). The van der Waals surface area contributed by atoms with Crippen LogP contribution in [0.4, 0.5) is 0 Å². The number of rotatable bonds is 4. The van der Waals surface area contributed by atoms with Gasteiger partial charge in [-0.1, -0.05) is 13.8 Å². The molecular formula is C12H22N2O3. The number of carboxylic acids is 1. The Morgan fingerprint density at radius 3 is 2.47 bits per heavy atom. The van der Waals surface area contributed by atoms with Gasteiger partial charge in [0.15, 0.2) is 0 Å². The number of aliphatic carboxylic acids is 1. The molecule has 1 aliphatic rings. The van der Waals surface area contributed by atoms with Crippen molar-refractivity contribution in [3.63, 3.8) is 0 Å². The fourth-order valence-electron chi connectivity index (χ4n) is 1.97.